The molecule has 1 fully saturated rings. The van der Waals surface area contributed by atoms with Gasteiger partial charge in [0.2, 0.25) is 0 Å². The van der Waals surface area contributed by atoms with Crippen molar-refractivity contribution < 1.29 is 8.78 Å². The van der Waals surface area contributed by atoms with E-state index in [-0.39, 0.29) is 0 Å². The van der Waals surface area contributed by atoms with Gasteiger partial charge >= 0.3 is 0 Å². The predicted octanol–water partition coefficient (Wildman–Crippen LogP) is 3.65. The third kappa shape index (κ3) is 4.19. The lowest BCUT2D eigenvalue weighted by Gasteiger charge is -2.33. The van der Waals surface area contributed by atoms with Crippen LogP contribution >= 0.6 is 0 Å². The molecule has 2 heterocycles. The molecule has 7 heteroatoms. The molecular formula is C21H21F2N5. The van der Waals surface area contributed by atoms with Crippen molar-refractivity contribution in [1.82, 2.24) is 9.78 Å². The van der Waals surface area contributed by atoms with Crippen LogP contribution in [0.25, 0.3) is 0 Å². The highest BCUT2D eigenvalue weighted by molar-refractivity contribution is 5.84. The van der Waals surface area contributed by atoms with Crippen molar-refractivity contribution in [3.63, 3.8) is 0 Å². The van der Waals surface area contributed by atoms with E-state index in [1.165, 1.54) is 18.2 Å². The average Bonchev–Trinajstić information content (AvgIpc) is 3.05. The number of anilines is 1. The standard InChI is InChI=1S/C21H21F2N5/c22-18-7-4-16(12-19(18)23)14-28-11-8-21(26-28)25-20(24)13-15-2-5-17(6-3-15)27-9-1-10-27/h2-8,11-12H,1,9-10,13-14H2,(H2,24,25,26). The second kappa shape index (κ2) is 7.80. The lowest BCUT2D eigenvalue weighted by Crippen LogP contribution is -2.36. The van der Waals surface area contributed by atoms with Crippen LogP contribution in [0.5, 0.6) is 0 Å². The molecule has 5 nitrogen and oxygen atoms in total. The van der Waals surface area contributed by atoms with Crippen LogP contribution in [0.2, 0.25) is 0 Å². The monoisotopic (exact) mass is 381 g/mol. The van der Waals surface area contributed by atoms with Gasteiger partial charge in [0.05, 0.1) is 6.54 Å². The number of aromatic nitrogens is 2. The van der Waals surface area contributed by atoms with E-state index < -0.39 is 11.6 Å². The summed E-state index contributed by atoms with van der Waals surface area (Å²) in [4.78, 5) is 6.69. The third-order valence-electron chi connectivity index (χ3n) is 4.76. The molecule has 28 heavy (non-hydrogen) atoms. The Balaban J connectivity index is 1.38. The molecule has 0 atom stereocenters. The van der Waals surface area contributed by atoms with E-state index in [4.69, 9.17) is 5.73 Å². The fraction of sp³-hybridized carbons (Fsp3) is 0.238. The summed E-state index contributed by atoms with van der Waals surface area (Å²) in [7, 11) is 0. The smallest absolute Gasteiger partial charge is 0.175 e. The van der Waals surface area contributed by atoms with Crippen LogP contribution in [0.15, 0.2) is 59.7 Å². The molecule has 3 aromatic rings. The van der Waals surface area contributed by atoms with Crippen molar-refractivity contribution in [1.29, 1.82) is 0 Å². The van der Waals surface area contributed by atoms with E-state index in [0.717, 1.165) is 30.8 Å². The molecule has 0 spiro atoms. The van der Waals surface area contributed by atoms with Crippen molar-refractivity contribution in [2.75, 3.05) is 18.0 Å². The predicted molar refractivity (Wildman–Crippen MR) is 106 cm³/mol. The van der Waals surface area contributed by atoms with Crippen LogP contribution in [0.1, 0.15) is 17.5 Å². The summed E-state index contributed by atoms with van der Waals surface area (Å²) < 4.78 is 27.9. The largest absolute Gasteiger partial charge is 0.387 e. The lowest BCUT2D eigenvalue weighted by atomic mass is 10.1. The highest BCUT2D eigenvalue weighted by Crippen LogP contribution is 2.21. The highest BCUT2D eigenvalue weighted by Gasteiger charge is 2.13. The minimum absolute atomic E-state index is 0.324. The van der Waals surface area contributed by atoms with Crippen LogP contribution in [0.4, 0.5) is 20.3 Å². The molecule has 1 saturated heterocycles. The van der Waals surface area contributed by atoms with Gasteiger partial charge in [0, 0.05) is 37.5 Å². The third-order valence-corrected chi connectivity index (χ3v) is 4.76. The van der Waals surface area contributed by atoms with Crippen LogP contribution in [0.3, 0.4) is 0 Å². The van der Waals surface area contributed by atoms with Crippen molar-refractivity contribution in [3.05, 3.63) is 77.5 Å². The Morgan fingerprint density at radius 3 is 2.43 bits per heavy atom. The molecule has 2 N–H and O–H groups in total. The Morgan fingerprint density at radius 1 is 1.00 bits per heavy atom. The van der Waals surface area contributed by atoms with Crippen LogP contribution in [-0.4, -0.2) is 28.7 Å². The van der Waals surface area contributed by atoms with Crippen molar-refractivity contribution in [2.45, 2.75) is 19.4 Å². The molecule has 144 valence electrons. The summed E-state index contributed by atoms with van der Waals surface area (Å²) in [5.41, 5.74) is 9.02. The number of hydrogen-bond donors (Lipinski definition) is 1. The Labute approximate surface area is 162 Å². The fourth-order valence-electron chi connectivity index (χ4n) is 3.12. The first-order chi connectivity index (χ1) is 13.6. The number of nitrogens with two attached hydrogens (primary N) is 1. The van der Waals surface area contributed by atoms with Crippen LogP contribution in [-0.2, 0) is 13.0 Å². The zero-order valence-electron chi connectivity index (χ0n) is 15.4. The number of hydrogen-bond acceptors (Lipinski definition) is 3. The maximum absolute atomic E-state index is 13.3. The number of benzene rings is 2. The number of rotatable bonds is 6. The van der Waals surface area contributed by atoms with E-state index in [1.54, 1.807) is 16.9 Å². The summed E-state index contributed by atoms with van der Waals surface area (Å²) >= 11 is 0. The first kappa shape index (κ1) is 18.2. The minimum Gasteiger partial charge on any atom is -0.387 e. The van der Waals surface area contributed by atoms with Gasteiger partial charge in [0.25, 0.3) is 0 Å². The van der Waals surface area contributed by atoms with Crippen molar-refractivity contribution in [2.24, 2.45) is 10.7 Å². The molecule has 0 bridgehead atoms. The van der Waals surface area contributed by atoms with Gasteiger partial charge in [-0.1, -0.05) is 18.2 Å². The molecule has 0 unspecified atom stereocenters. The van der Waals surface area contributed by atoms with Crippen LogP contribution < -0.4 is 10.6 Å². The molecular weight excluding hydrogens is 360 g/mol. The second-order valence-electron chi connectivity index (χ2n) is 6.91. The van der Waals surface area contributed by atoms with Gasteiger partial charge in [-0.05, 0) is 41.8 Å². The van der Waals surface area contributed by atoms with Gasteiger partial charge in [0.1, 0.15) is 5.84 Å². The molecule has 0 amide bonds. The maximum Gasteiger partial charge on any atom is 0.175 e. The Morgan fingerprint density at radius 2 is 1.75 bits per heavy atom. The van der Waals surface area contributed by atoms with Crippen molar-refractivity contribution >= 4 is 17.3 Å². The average molecular weight is 381 g/mol. The van der Waals surface area contributed by atoms with Gasteiger partial charge in [-0.2, -0.15) is 5.10 Å². The first-order valence-electron chi connectivity index (χ1n) is 9.21. The number of halogens is 2. The molecule has 0 saturated carbocycles. The molecule has 2 aromatic carbocycles. The van der Waals surface area contributed by atoms with E-state index in [9.17, 15) is 8.78 Å². The molecule has 1 aliphatic heterocycles. The van der Waals surface area contributed by atoms with Gasteiger partial charge in [0.15, 0.2) is 17.5 Å². The zero-order valence-corrected chi connectivity index (χ0v) is 15.4. The van der Waals surface area contributed by atoms with E-state index in [0.29, 0.717) is 30.2 Å². The summed E-state index contributed by atoms with van der Waals surface area (Å²) in [6, 6.07) is 13.9. The number of nitrogens with zero attached hydrogens (tertiary/aromatic N) is 4. The summed E-state index contributed by atoms with van der Waals surface area (Å²) in [5.74, 6) is -0.778. The SMILES string of the molecule is NC(Cc1ccc(N2CCC2)cc1)=Nc1ccn(Cc2ccc(F)c(F)c2)n1. The highest BCUT2D eigenvalue weighted by atomic mass is 19.2. The minimum atomic E-state index is -0.868. The maximum atomic E-state index is 13.3. The molecule has 1 aromatic heterocycles. The van der Waals surface area contributed by atoms with E-state index in [1.807, 2.05) is 0 Å². The van der Waals surface area contributed by atoms with Gasteiger partial charge in [-0.25, -0.2) is 13.8 Å². The zero-order chi connectivity index (χ0) is 19.5. The van der Waals surface area contributed by atoms with Crippen molar-refractivity contribution in [3.8, 4) is 0 Å². The Hall–Kier alpha value is -3.22. The van der Waals surface area contributed by atoms with Gasteiger partial charge in [-0.3, -0.25) is 4.68 Å². The summed E-state index contributed by atoms with van der Waals surface area (Å²) in [5, 5.41) is 4.32. The van der Waals surface area contributed by atoms with Gasteiger partial charge < -0.3 is 10.6 Å². The Kier molecular flexibility index (Phi) is 5.06. The number of amidine groups is 1. The summed E-state index contributed by atoms with van der Waals surface area (Å²) in [6.45, 7) is 2.57. The topological polar surface area (TPSA) is 59.4 Å². The fourth-order valence-corrected chi connectivity index (χ4v) is 3.12. The second-order valence-corrected chi connectivity index (χ2v) is 6.91. The van der Waals surface area contributed by atoms with E-state index in [2.05, 4.69) is 39.3 Å². The number of aliphatic imine (C=N–C) groups is 1. The first-order valence-corrected chi connectivity index (χ1v) is 9.21. The Bertz CT molecular complexity index is 990. The van der Waals surface area contributed by atoms with E-state index >= 15 is 0 Å². The quantitative estimate of drug-likeness (QED) is 0.524. The molecule has 0 radical (unpaired) electrons. The summed E-state index contributed by atoms with van der Waals surface area (Å²) in [6.07, 6.45) is 3.52. The molecule has 4 rings (SSSR count). The molecule has 0 aliphatic carbocycles. The van der Waals surface area contributed by atoms with Gasteiger partial charge in [-0.15, -0.1) is 0 Å². The van der Waals surface area contributed by atoms with Crippen LogP contribution in [0, 0.1) is 11.6 Å². The normalized spacial score (nSPS) is 14.2. The molecule has 1 aliphatic rings. The lowest BCUT2D eigenvalue weighted by molar-refractivity contribution is 0.506.